The summed E-state index contributed by atoms with van der Waals surface area (Å²) < 4.78 is 0.896. The Kier molecular flexibility index (Phi) is 3.48. The molecule has 2 aromatic heterocycles. The number of thiazole rings is 1. The van der Waals surface area contributed by atoms with E-state index in [0.29, 0.717) is 0 Å². The number of carbonyl (C=O) groups is 1. The Morgan fingerprint density at radius 2 is 2.11 bits per heavy atom. The number of rotatable bonds is 3. The summed E-state index contributed by atoms with van der Waals surface area (Å²) in [4.78, 5) is 41.8. The van der Waals surface area contributed by atoms with Gasteiger partial charge in [-0.1, -0.05) is 13.8 Å². The molecule has 0 atom stereocenters. The minimum Gasteiger partial charge on any atom is -0.313 e. The van der Waals surface area contributed by atoms with Crippen molar-refractivity contribution >= 4 is 17.1 Å². The van der Waals surface area contributed by atoms with E-state index in [0.717, 1.165) is 16.5 Å². The lowest BCUT2D eigenvalue weighted by molar-refractivity contribution is 0.101. The molecule has 2 rings (SSSR count). The van der Waals surface area contributed by atoms with Crippen LogP contribution in [-0.2, 0) is 0 Å². The van der Waals surface area contributed by atoms with E-state index in [4.69, 9.17) is 0 Å². The molecule has 2 heterocycles. The van der Waals surface area contributed by atoms with Gasteiger partial charge in [0.1, 0.15) is 0 Å². The first kappa shape index (κ1) is 13.4. The summed E-state index contributed by atoms with van der Waals surface area (Å²) in [5, 5.41) is 2.07. The lowest BCUT2D eigenvalue weighted by atomic mass is 10.2. The molecular weight excluding hydrogens is 266 g/mol. The van der Waals surface area contributed by atoms with Gasteiger partial charge in [0, 0.05) is 11.6 Å². The fraction of sp³-hybridized carbons (Fsp3) is 0.333. The second kappa shape index (κ2) is 4.93. The molecule has 2 aromatic rings. The highest BCUT2D eigenvalue weighted by Crippen LogP contribution is 2.18. The van der Waals surface area contributed by atoms with Crippen molar-refractivity contribution in [2.45, 2.75) is 26.7 Å². The van der Waals surface area contributed by atoms with Crippen LogP contribution in [0.5, 0.6) is 0 Å². The Hall–Kier alpha value is -2.02. The van der Waals surface area contributed by atoms with Crippen LogP contribution in [0, 0.1) is 0 Å². The zero-order valence-electron chi connectivity index (χ0n) is 10.8. The zero-order chi connectivity index (χ0) is 14.2. The van der Waals surface area contributed by atoms with E-state index in [1.807, 2.05) is 13.8 Å². The molecule has 0 radical (unpaired) electrons. The van der Waals surface area contributed by atoms with Gasteiger partial charge in [0.25, 0.3) is 5.56 Å². The molecule has 1 N–H and O–H groups in total. The Balaban J connectivity index is 2.67. The molecular formula is C12H13N3O3S. The van der Waals surface area contributed by atoms with Crippen molar-refractivity contribution in [2.75, 3.05) is 0 Å². The van der Waals surface area contributed by atoms with Crippen LogP contribution < -0.4 is 11.2 Å². The number of aromatic nitrogens is 3. The second-order valence-corrected chi connectivity index (χ2v) is 5.25. The number of hydrogen-bond acceptors (Lipinski definition) is 5. The molecule has 0 aromatic carbocycles. The highest BCUT2D eigenvalue weighted by Gasteiger charge is 2.15. The lowest BCUT2D eigenvalue weighted by Crippen LogP contribution is -2.36. The number of hydrogen-bond donors (Lipinski definition) is 1. The average Bonchev–Trinajstić information content (AvgIpc) is 2.78. The van der Waals surface area contributed by atoms with Crippen molar-refractivity contribution in [3.63, 3.8) is 0 Å². The van der Waals surface area contributed by atoms with Crippen molar-refractivity contribution in [3.05, 3.63) is 43.7 Å². The van der Waals surface area contributed by atoms with Crippen molar-refractivity contribution in [1.82, 2.24) is 14.5 Å². The summed E-state index contributed by atoms with van der Waals surface area (Å²) in [6.07, 6.45) is 1.14. The van der Waals surface area contributed by atoms with Gasteiger partial charge < -0.3 is 4.98 Å². The maximum Gasteiger partial charge on any atom is 0.334 e. The first-order valence-electron chi connectivity index (χ1n) is 5.73. The summed E-state index contributed by atoms with van der Waals surface area (Å²) in [5.74, 6) is -0.189. The van der Waals surface area contributed by atoms with Gasteiger partial charge in [-0.3, -0.25) is 9.59 Å². The van der Waals surface area contributed by atoms with E-state index in [1.165, 1.54) is 18.3 Å². The summed E-state index contributed by atoms with van der Waals surface area (Å²) >= 11 is 1.20. The molecule has 0 saturated heterocycles. The largest absolute Gasteiger partial charge is 0.334 e. The van der Waals surface area contributed by atoms with Gasteiger partial charge in [0.2, 0.25) is 5.13 Å². The molecule has 0 unspecified atom stereocenters. The Bertz CT molecular complexity index is 739. The standard InChI is InChI=1S/C12H13N3O3S/c1-6(2)9-5-19-12(14-9)15-10(17)8(7(3)16)4-13-11(15)18/h4-6H,1-3H3,(H,13,18). The van der Waals surface area contributed by atoms with Gasteiger partial charge in [-0.25, -0.2) is 14.3 Å². The fourth-order valence-electron chi connectivity index (χ4n) is 1.54. The first-order valence-corrected chi connectivity index (χ1v) is 6.61. The number of nitrogens with zero attached hydrogens (tertiary/aromatic N) is 2. The molecule has 19 heavy (non-hydrogen) atoms. The second-order valence-electron chi connectivity index (χ2n) is 4.41. The van der Waals surface area contributed by atoms with E-state index in [9.17, 15) is 14.4 Å². The van der Waals surface area contributed by atoms with Crippen LogP contribution in [0.1, 0.15) is 42.7 Å². The van der Waals surface area contributed by atoms with Gasteiger partial charge in [-0.05, 0) is 12.8 Å². The Morgan fingerprint density at radius 1 is 1.42 bits per heavy atom. The molecule has 100 valence electrons. The highest BCUT2D eigenvalue weighted by molar-refractivity contribution is 7.12. The van der Waals surface area contributed by atoms with Gasteiger partial charge >= 0.3 is 5.69 Å². The smallest absolute Gasteiger partial charge is 0.313 e. The van der Waals surface area contributed by atoms with E-state index in [-0.39, 0.29) is 16.6 Å². The third-order valence-corrected chi connectivity index (χ3v) is 3.49. The first-order chi connectivity index (χ1) is 8.91. The van der Waals surface area contributed by atoms with Gasteiger partial charge in [0.05, 0.1) is 11.3 Å². The van der Waals surface area contributed by atoms with E-state index >= 15 is 0 Å². The topological polar surface area (TPSA) is 84.8 Å². The van der Waals surface area contributed by atoms with Crippen LogP contribution in [0.4, 0.5) is 0 Å². The molecule has 0 aliphatic rings. The SMILES string of the molecule is CC(=O)c1c[nH]c(=O)n(-c2nc(C(C)C)cs2)c1=O. The summed E-state index contributed by atoms with van der Waals surface area (Å²) in [5.41, 5.74) is -0.485. The third-order valence-electron chi connectivity index (χ3n) is 2.65. The van der Waals surface area contributed by atoms with Crippen molar-refractivity contribution in [3.8, 4) is 5.13 Å². The minimum absolute atomic E-state index is 0.0547. The van der Waals surface area contributed by atoms with Crippen molar-refractivity contribution < 1.29 is 4.79 Å². The van der Waals surface area contributed by atoms with Gasteiger partial charge in [0.15, 0.2) is 5.78 Å². The molecule has 6 nitrogen and oxygen atoms in total. The van der Waals surface area contributed by atoms with Gasteiger partial charge in [-0.15, -0.1) is 11.3 Å². The number of ketones is 1. The molecule has 0 aliphatic carbocycles. The van der Waals surface area contributed by atoms with Crippen molar-refractivity contribution in [2.24, 2.45) is 0 Å². The molecule has 7 heteroatoms. The molecule has 0 amide bonds. The number of nitrogens with one attached hydrogen (secondary N) is 1. The molecule has 0 spiro atoms. The molecule has 0 bridgehead atoms. The van der Waals surface area contributed by atoms with E-state index in [1.54, 1.807) is 5.38 Å². The number of H-pyrrole nitrogens is 1. The fourth-order valence-corrected chi connectivity index (χ4v) is 2.52. The lowest BCUT2D eigenvalue weighted by Gasteiger charge is -2.02. The average molecular weight is 279 g/mol. The normalized spacial score (nSPS) is 10.9. The summed E-state index contributed by atoms with van der Waals surface area (Å²) in [6, 6.07) is 0. The Labute approximate surface area is 112 Å². The van der Waals surface area contributed by atoms with Crippen LogP contribution in [-0.4, -0.2) is 20.3 Å². The van der Waals surface area contributed by atoms with Crippen LogP contribution in [0.2, 0.25) is 0 Å². The number of Topliss-reactive ketones (excluding diaryl/α,β-unsaturated/α-hetero) is 1. The monoisotopic (exact) mass is 279 g/mol. The van der Waals surface area contributed by atoms with E-state index < -0.39 is 17.0 Å². The highest BCUT2D eigenvalue weighted by atomic mass is 32.1. The molecule has 0 saturated carbocycles. The van der Waals surface area contributed by atoms with Crippen LogP contribution >= 0.6 is 11.3 Å². The predicted molar refractivity (Wildman–Crippen MR) is 72.4 cm³/mol. The number of carbonyl (C=O) groups excluding carboxylic acids is 1. The third kappa shape index (κ3) is 2.41. The quantitative estimate of drug-likeness (QED) is 0.858. The maximum atomic E-state index is 12.1. The Morgan fingerprint density at radius 3 is 2.63 bits per heavy atom. The zero-order valence-corrected chi connectivity index (χ0v) is 11.6. The predicted octanol–water partition coefficient (Wildman–Crippen LogP) is 1.31. The minimum atomic E-state index is -0.638. The van der Waals surface area contributed by atoms with Crippen molar-refractivity contribution in [1.29, 1.82) is 0 Å². The molecule has 0 fully saturated rings. The van der Waals surface area contributed by atoms with Gasteiger partial charge in [-0.2, -0.15) is 0 Å². The number of aromatic amines is 1. The van der Waals surface area contributed by atoms with Crippen LogP contribution in [0.15, 0.2) is 21.2 Å². The van der Waals surface area contributed by atoms with E-state index in [2.05, 4.69) is 9.97 Å². The maximum absolute atomic E-state index is 12.1. The summed E-state index contributed by atoms with van der Waals surface area (Å²) in [7, 11) is 0. The molecule has 0 aliphatic heterocycles. The van der Waals surface area contributed by atoms with Crippen LogP contribution in [0.3, 0.4) is 0 Å². The van der Waals surface area contributed by atoms with Crippen LogP contribution in [0.25, 0.3) is 5.13 Å². The summed E-state index contributed by atoms with van der Waals surface area (Å²) in [6.45, 7) is 5.22.